The summed E-state index contributed by atoms with van der Waals surface area (Å²) in [5, 5.41) is 2.57. The van der Waals surface area contributed by atoms with Gasteiger partial charge in [-0.2, -0.15) is 13.2 Å². The molecule has 6 heteroatoms. The highest BCUT2D eigenvalue weighted by Gasteiger charge is 2.29. The number of thioether (sulfide) groups is 1. The van der Waals surface area contributed by atoms with Gasteiger partial charge in [0.1, 0.15) is 0 Å². The van der Waals surface area contributed by atoms with Crippen molar-refractivity contribution in [3.05, 3.63) is 35.4 Å². The molecule has 0 aliphatic carbocycles. The molecule has 1 aromatic carbocycles. The summed E-state index contributed by atoms with van der Waals surface area (Å²) in [4.78, 5) is 11.5. The first-order chi connectivity index (χ1) is 9.67. The molecule has 0 fully saturated rings. The van der Waals surface area contributed by atoms with E-state index in [2.05, 4.69) is 19.2 Å². The van der Waals surface area contributed by atoms with Crippen LogP contribution in [0.3, 0.4) is 0 Å². The molecule has 1 rings (SSSR count). The van der Waals surface area contributed by atoms with Crippen LogP contribution in [-0.4, -0.2) is 17.2 Å². The van der Waals surface area contributed by atoms with Crippen molar-refractivity contribution in [3.8, 4) is 0 Å². The summed E-state index contributed by atoms with van der Waals surface area (Å²) in [6.45, 7) is 6.03. The van der Waals surface area contributed by atoms with E-state index >= 15 is 0 Å². The van der Waals surface area contributed by atoms with Crippen molar-refractivity contribution in [1.29, 1.82) is 0 Å². The zero-order chi connectivity index (χ0) is 16.0. The first kappa shape index (κ1) is 17.9. The lowest BCUT2D eigenvalue weighted by Crippen LogP contribution is -2.29. The van der Waals surface area contributed by atoms with Crippen LogP contribution in [0.15, 0.2) is 24.3 Å². The molecule has 0 radical (unpaired) electrons. The molecule has 0 aliphatic rings. The third-order valence-electron chi connectivity index (χ3n) is 2.87. The summed E-state index contributed by atoms with van der Waals surface area (Å²) in [5.74, 6) is -0.664. The molecule has 21 heavy (non-hydrogen) atoms. The molecule has 2 nitrogen and oxygen atoms in total. The van der Waals surface area contributed by atoms with Gasteiger partial charge in [0.15, 0.2) is 0 Å². The molecule has 1 atom stereocenters. The lowest BCUT2D eigenvalue weighted by atomic mass is 10.00. The third kappa shape index (κ3) is 7.41. The largest absolute Gasteiger partial charge is 0.442 e. The summed E-state index contributed by atoms with van der Waals surface area (Å²) in [6, 6.07) is 7.48. The Kier molecular flexibility index (Phi) is 6.58. The van der Waals surface area contributed by atoms with Gasteiger partial charge in [-0.25, -0.2) is 0 Å². The normalized spacial score (nSPS) is 13.3. The second-order valence-corrected chi connectivity index (χ2v) is 6.40. The summed E-state index contributed by atoms with van der Waals surface area (Å²) in [6.07, 6.45) is 0.975. The lowest BCUT2D eigenvalue weighted by molar-refractivity contribution is -0.119. The van der Waals surface area contributed by atoms with Gasteiger partial charge in [0.2, 0.25) is 5.91 Å². The van der Waals surface area contributed by atoms with Crippen molar-refractivity contribution in [1.82, 2.24) is 5.32 Å². The molecule has 1 aromatic rings. The molecule has 1 amide bonds. The topological polar surface area (TPSA) is 29.1 Å². The van der Waals surface area contributed by atoms with Crippen LogP contribution in [0, 0.1) is 5.92 Å². The number of rotatable bonds is 6. The summed E-state index contributed by atoms with van der Waals surface area (Å²) in [5.41, 5.74) is -2.29. The van der Waals surface area contributed by atoms with Crippen molar-refractivity contribution < 1.29 is 18.0 Å². The Balaban J connectivity index is 2.51. The Morgan fingerprint density at radius 2 is 1.76 bits per heavy atom. The van der Waals surface area contributed by atoms with E-state index in [0.29, 0.717) is 5.92 Å². The minimum Gasteiger partial charge on any atom is -0.349 e. The van der Waals surface area contributed by atoms with E-state index in [9.17, 15) is 18.0 Å². The van der Waals surface area contributed by atoms with Crippen molar-refractivity contribution in [2.75, 3.05) is 5.75 Å². The number of carbonyl (C=O) groups is 1. The van der Waals surface area contributed by atoms with Gasteiger partial charge >= 0.3 is 5.51 Å². The van der Waals surface area contributed by atoms with Crippen LogP contribution >= 0.6 is 11.8 Å². The molecule has 0 heterocycles. The van der Waals surface area contributed by atoms with Gasteiger partial charge in [-0.3, -0.25) is 4.79 Å². The molecule has 0 aliphatic heterocycles. The van der Waals surface area contributed by atoms with Gasteiger partial charge in [-0.05, 0) is 42.2 Å². The zero-order valence-electron chi connectivity index (χ0n) is 12.3. The number of carbonyl (C=O) groups excluding carboxylic acids is 1. The fourth-order valence-electron chi connectivity index (χ4n) is 1.93. The van der Waals surface area contributed by atoms with Crippen molar-refractivity contribution in [2.24, 2.45) is 5.92 Å². The molecule has 1 N–H and O–H groups in total. The standard InChI is InChI=1S/C15H20F3NOS/c1-10(2)8-12-4-6-13(7-5-12)11(3)19-14(20)9-21-15(16,17)18/h4-7,10-11H,8-9H2,1-3H3,(H,19,20). The van der Waals surface area contributed by atoms with Gasteiger partial charge < -0.3 is 5.32 Å². The Bertz CT molecular complexity index is 457. The first-order valence-electron chi connectivity index (χ1n) is 6.76. The number of alkyl halides is 3. The molecular weight excluding hydrogens is 299 g/mol. The Labute approximate surface area is 127 Å². The van der Waals surface area contributed by atoms with Crippen LogP contribution in [0.5, 0.6) is 0 Å². The predicted octanol–water partition coefficient (Wildman–Crippen LogP) is 4.32. The Morgan fingerprint density at radius 3 is 2.24 bits per heavy atom. The molecule has 1 unspecified atom stereocenters. The monoisotopic (exact) mass is 319 g/mol. The molecule has 0 spiro atoms. The second-order valence-electron chi connectivity index (χ2n) is 5.36. The number of benzene rings is 1. The van der Waals surface area contributed by atoms with Crippen molar-refractivity contribution in [3.63, 3.8) is 0 Å². The minimum atomic E-state index is -4.38. The van der Waals surface area contributed by atoms with Crippen LogP contribution in [0.1, 0.15) is 37.9 Å². The summed E-state index contributed by atoms with van der Waals surface area (Å²) >= 11 is -0.324. The highest BCUT2D eigenvalue weighted by Crippen LogP contribution is 2.29. The van der Waals surface area contributed by atoms with Gasteiger partial charge in [0.05, 0.1) is 11.8 Å². The molecule has 0 aromatic heterocycles. The van der Waals surface area contributed by atoms with E-state index in [-0.39, 0.29) is 17.8 Å². The van der Waals surface area contributed by atoms with Gasteiger partial charge in [0, 0.05) is 0 Å². The fourth-order valence-corrected chi connectivity index (χ4v) is 2.31. The van der Waals surface area contributed by atoms with E-state index in [1.807, 2.05) is 24.3 Å². The van der Waals surface area contributed by atoms with Crippen LogP contribution in [-0.2, 0) is 11.2 Å². The quantitative estimate of drug-likeness (QED) is 0.846. The van der Waals surface area contributed by atoms with Crippen LogP contribution in [0.4, 0.5) is 13.2 Å². The van der Waals surface area contributed by atoms with E-state index in [4.69, 9.17) is 0 Å². The lowest BCUT2D eigenvalue weighted by Gasteiger charge is -2.15. The van der Waals surface area contributed by atoms with E-state index in [1.165, 1.54) is 5.56 Å². The van der Waals surface area contributed by atoms with Crippen LogP contribution < -0.4 is 5.32 Å². The first-order valence-corrected chi connectivity index (χ1v) is 7.75. The Morgan fingerprint density at radius 1 is 1.19 bits per heavy atom. The Hall–Kier alpha value is -1.17. The molecule has 0 saturated carbocycles. The van der Waals surface area contributed by atoms with Gasteiger partial charge in [0.25, 0.3) is 0 Å². The minimum absolute atomic E-state index is 0.306. The SMILES string of the molecule is CC(C)Cc1ccc(C(C)NC(=O)CSC(F)(F)F)cc1. The number of amides is 1. The number of hydrogen-bond acceptors (Lipinski definition) is 2. The molecule has 0 bridgehead atoms. The van der Waals surface area contributed by atoms with Crippen LogP contribution in [0.25, 0.3) is 0 Å². The number of hydrogen-bond donors (Lipinski definition) is 1. The summed E-state index contributed by atoms with van der Waals surface area (Å²) < 4.78 is 36.0. The predicted molar refractivity (Wildman–Crippen MR) is 80.1 cm³/mol. The maximum Gasteiger partial charge on any atom is 0.442 e. The molecular formula is C15H20F3NOS. The highest BCUT2D eigenvalue weighted by atomic mass is 32.2. The maximum atomic E-state index is 12.0. The number of nitrogens with one attached hydrogen (secondary N) is 1. The number of halogens is 3. The van der Waals surface area contributed by atoms with Crippen molar-refractivity contribution in [2.45, 2.75) is 38.7 Å². The summed E-state index contributed by atoms with van der Waals surface area (Å²) in [7, 11) is 0. The highest BCUT2D eigenvalue weighted by molar-refractivity contribution is 8.00. The maximum absolute atomic E-state index is 12.0. The van der Waals surface area contributed by atoms with E-state index in [1.54, 1.807) is 6.92 Å². The smallest absolute Gasteiger partial charge is 0.349 e. The fraction of sp³-hybridized carbons (Fsp3) is 0.533. The van der Waals surface area contributed by atoms with E-state index < -0.39 is 17.2 Å². The van der Waals surface area contributed by atoms with Gasteiger partial charge in [-0.1, -0.05) is 38.1 Å². The molecule has 118 valence electrons. The van der Waals surface area contributed by atoms with Crippen molar-refractivity contribution >= 4 is 17.7 Å². The van der Waals surface area contributed by atoms with Gasteiger partial charge in [-0.15, -0.1) is 0 Å². The second kappa shape index (κ2) is 7.73. The van der Waals surface area contributed by atoms with Crippen LogP contribution in [0.2, 0.25) is 0 Å². The third-order valence-corrected chi connectivity index (χ3v) is 3.60. The zero-order valence-corrected chi connectivity index (χ0v) is 13.1. The van der Waals surface area contributed by atoms with E-state index in [0.717, 1.165) is 12.0 Å². The average Bonchev–Trinajstić information content (AvgIpc) is 2.35. The average molecular weight is 319 g/mol. The molecule has 0 saturated heterocycles.